The van der Waals surface area contributed by atoms with E-state index in [4.69, 9.17) is 4.99 Å². The van der Waals surface area contributed by atoms with Gasteiger partial charge in [-0.05, 0) is 24.3 Å². The fourth-order valence-corrected chi connectivity index (χ4v) is 5.49. The Morgan fingerprint density at radius 1 is 1.13 bits per heavy atom. The van der Waals surface area contributed by atoms with Gasteiger partial charge in [0.15, 0.2) is 5.17 Å². The van der Waals surface area contributed by atoms with Crippen LogP contribution in [0.15, 0.2) is 47.5 Å². The van der Waals surface area contributed by atoms with Gasteiger partial charge in [0.1, 0.15) is 6.17 Å². The predicted molar refractivity (Wildman–Crippen MR) is 125 cm³/mol. The highest BCUT2D eigenvalue weighted by molar-refractivity contribution is 8.14. The molecule has 2 aromatic rings. The molecular weight excluding hydrogens is 410 g/mol. The van der Waals surface area contributed by atoms with Crippen LogP contribution >= 0.6 is 11.8 Å². The number of carbonyl (C=O) groups is 2. The standard InChI is InChI=1S/C23H27N5O2S/c29-20(25-16-9-2-1-3-10-16)14-31-23-26-21-18(13-24-27-21)22(30)28(23)19-12-6-8-15-7-4-5-11-17(15)19/h4-8,11-12,16,18,21,24,27H,1-3,9-10,13-14H2,(H,25,29). The van der Waals surface area contributed by atoms with Gasteiger partial charge in [0, 0.05) is 18.0 Å². The Balaban J connectivity index is 1.40. The van der Waals surface area contributed by atoms with Crippen molar-refractivity contribution in [2.45, 2.75) is 44.3 Å². The zero-order valence-electron chi connectivity index (χ0n) is 17.3. The van der Waals surface area contributed by atoms with E-state index in [0.717, 1.165) is 29.3 Å². The number of hydrogen-bond donors (Lipinski definition) is 3. The van der Waals surface area contributed by atoms with Crippen molar-refractivity contribution in [1.82, 2.24) is 16.2 Å². The lowest BCUT2D eigenvalue weighted by molar-refractivity contribution is -0.121. The Kier molecular flexibility index (Phi) is 5.93. The van der Waals surface area contributed by atoms with Gasteiger partial charge < -0.3 is 5.32 Å². The fraction of sp³-hybridized carbons (Fsp3) is 0.435. The number of nitrogens with one attached hydrogen (secondary N) is 3. The van der Waals surface area contributed by atoms with E-state index in [-0.39, 0.29) is 35.7 Å². The van der Waals surface area contributed by atoms with Gasteiger partial charge in [-0.25, -0.2) is 10.4 Å². The molecule has 2 unspecified atom stereocenters. The van der Waals surface area contributed by atoms with Gasteiger partial charge in [0.2, 0.25) is 11.8 Å². The highest BCUT2D eigenvalue weighted by Crippen LogP contribution is 2.34. The third kappa shape index (κ3) is 4.20. The lowest BCUT2D eigenvalue weighted by Crippen LogP contribution is -2.50. The normalized spacial score (nSPS) is 24.2. The first-order valence-electron chi connectivity index (χ1n) is 11.0. The first-order chi connectivity index (χ1) is 15.2. The highest BCUT2D eigenvalue weighted by Gasteiger charge is 2.42. The molecule has 3 aliphatic rings. The topological polar surface area (TPSA) is 85.8 Å². The molecule has 3 N–H and O–H groups in total. The maximum absolute atomic E-state index is 13.5. The van der Waals surface area contributed by atoms with Gasteiger partial charge in [-0.1, -0.05) is 67.4 Å². The number of anilines is 1. The number of fused-ring (bicyclic) bond motifs is 2. The van der Waals surface area contributed by atoms with Crippen LogP contribution < -0.4 is 21.1 Å². The minimum Gasteiger partial charge on any atom is -0.353 e. The van der Waals surface area contributed by atoms with Gasteiger partial charge in [0.25, 0.3) is 0 Å². The number of rotatable bonds is 4. The molecule has 0 spiro atoms. The van der Waals surface area contributed by atoms with Crippen LogP contribution in [0.4, 0.5) is 5.69 Å². The number of aliphatic imine (C=N–C) groups is 1. The quantitative estimate of drug-likeness (QED) is 0.685. The summed E-state index contributed by atoms with van der Waals surface area (Å²) in [5.41, 5.74) is 6.95. The van der Waals surface area contributed by atoms with Crippen molar-refractivity contribution in [3.63, 3.8) is 0 Å². The first kappa shape index (κ1) is 20.5. The summed E-state index contributed by atoms with van der Waals surface area (Å²) in [7, 11) is 0. The van der Waals surface area contributed by atoms with E-state index in [0.29, 0.717) is 11.7 Å². The minimum atomic E-state index is -0.303. The van der Waals surface area contributed by atoms with Crippen molar-refractivity contribution in [2.75, 3.05) is 17.2 Å². The summed E-state index contributed by atoms with van der Waals surface area (Å²) >= 11 is 1.33. The Morgan fingerprint density at radius 3 is 2.81 bits per heavy atom. The molecular formula is C23H27N5O2S. The summed E-state index contributed by atoms with van der Waals surface area (Å²) in [5, 5.41) is 5.78. The summed E-state index contributed by atoms with van der Waals surface area (Å²) < 4.78 is 0. The molecule has 0 bridgehead atoms. The molecule has 1 aliphatic carbocycles. The van der Waals surface area contributed by atoms with Crippen LogP contribution in [0.2, 0.25) is 0 Å². The second kappa shape index (κ2) is 8.98. The largest absolute Gasteiger partial charge is 0.353 e. The summed E-state index contributed by atoms with van der Waals surface area (Å²) in [5.74, 6) is -0.0118. The van der Waals surface area contributed by atoms with Gasteiger partial charge >= 0.3 is 0 Å². The summed E-state index contributed by atoms with van der Waals surface area (Å²) in [6.45, 7) is 0.536. The maximum Gasteiger partial charge on any atom is 0.241 e. The zero-order chi connectivity index (χ0) is 21.2. The van der Waals surface area contributed by atoms with Crippen LogP contribution in [0.25, 0.3) is 10.8 Å². The Bertz CT molecular complexity index is 1010. The molecule has 0 radical (unpaired) electrons. The molecule has 2 aromatic carbocycles. The molecule has 8 heteroatoms. The van der Waals surface area contributed by atoms with Crippen LogP contribution in [0.3, 0.4) is 0 Å². The van der Waals surface area contributed by atoms with E-state index < -0.39 is 0 Å². The van der Waals surface area contributed by atoms with Crippen LogP contribution in [0, 0.1) is 5.92 Å². The molecule has 1 saturated carbocycles. The molecule has 5 rings (SSSR count). The minimum absolute atomic E-state index is 0.00374. The van der Waals surface area contributed by atoms with E-state index >= 15 is 0 Å². The van der Waals surface area contributed by atoms with E-state index in [1.54, 1.807) is 4.90 Å². The lowest BCUT2D eigenvalue weighted by Gasteiger charge is -2.33. The van der Waals surface area contributed by atoms with E-state index in [1.165, 1.54) is 31.0 Å². The number of benzene rings is 2. The van der Waals surface area contributed by atoms with Crippen LogP contribution in [0.1, 0.15) is 32.1 Å². The van der Waals surface area contributed by atoms with Gasteiger partial charge in [-0.15, -0.1) is 0 Å². The number of thioether (sulfide) groups is 1. The van der Waals surface area contributed by atoms with Crippen molar-refractivity contribution >= 4 is 45.2 Å². The second-order valence-electron chi connectivity index (χ2n) is 8.35. The number of carbonyl (C=O) groups excluding carboxylic acids is 2. The maximum atomic E-state index is 13.5. The number of nitrogens with zero attached hydrogens (tertiary/aromatic N) is 2. The van der Waals surface area contributed by atoms with Crippen molar-refractivity contribution in [3.05, 3.63) is 42.5 Å². The molecule has 2 amide bonds. The first-order valence-corrected chi connectivity index (χ1v) is 12.0. The molecule has 31 heavy (non-hydrogen) atoms. The van der Waals surface area contributed by atoms with Crippen molar-refractivity contribution in [3.8, 4) is 0 Å². The van der Waals surface area contributed by atoms with E-state index in [1.807, 2.05) is 42.5 Å². The van der Waals surface area contributed by atoms with Crippen LogP contribution in [-0.4, -0.2) is 41.5 Å². The summed E-state index contributed by atoms with van der Waals surface area (Å²) in [6, 6.07) is 14.2. The number of amidine groups is 1. The molecule has 162 valence electrons. The molecule has 1 saturated heterocycles. The highest BCUT2D eigenvalue weighted by atomic mass is 32.2. The number of hydrogen-bond acceptors (Lipinski definition) is 6. The van der Waals surface area contributed by atoms with E-state index in [2.05, 4.69) is 16.2 Å². The third-order valence-corrected chi connectivity index (χ3v) is 7.19. The monoisotopic (exact) mass is 437 g/mol. The predicted octanol–water partition coefficient (Wildman–Crippen LogP) is 2.77. The summed E-state index contributed by atoms with van der Waals surface area (Å²) in [6.07, 6.45) is 5.41. The van der Waals surface area contributed by atoms with E-state index in [9.17, 15) is 9.59 Å². The van der Waals surface area contributed by atoms with Gasteiger partial charge in [0.05, 0.1) is 17.4 Å². The zero-order valence-corrected chi connectivity index (χ0v) is 18.2. The fourth-order valence-electron chi connectivity index (χ4n) is 4.64. The molecule has 7 nitrogen and oxygen atoms in total. The summed E-state index contributed by atoms with van der Waals surface area (Å²) in [4.78, 5) is 32.6. The molecule has 2 atom stereocenters. The Labute approximate surface area is 186 Å². The average Bonchev–Trinajstić information content (AvgIpc) is 3.27. The Morgan fingerprint density at radius 2 is 1.94 bits per heavy atom. The number of amides is 2. The molecule has 2 heterocycles. The van der Waals surface area contributed by atoms with Gasteiger partial charge in [-0.3, -0.25) is 19.9 Å². The van der Waals surface area contributed by atoms with Gasteiger partial charge in [-0.2, -0.15) is 0 Å². The average molecular weight is 438 g/mol. The smallest absolute Gasteiger partial charge is 0.241 e. The molecule has 2 fully saturated rings. The van der Waals surface area contributed by atoms with Crippen molar-refractivity contribution in [1.29, 1.82) is 0 Å². The molecule has 2 aliphatic heterocycles. The Hall–Kier alpha value is -2.42. The van der Waals surface area contributed by atoms with Crippen molar-refractivity contribution < 1.29 is 9.59 Å². The van der Waals surface area contributed by atoms with Crippen LogP contribution in [-0.2, 0) is 9.59 Å². The third-order valence-electron chi connectivity index (χ3n) is 6.24. The lowest BCUT2D eigenvalue weighted by atomic mass is 9.95. The molecule has 0 aromatic heterocycles. The number of hydrazine groups is 1. The second-order valence-corrected chi connectivity index (χ2v) is 9.29. The van der Waals surface area contributed by atoms with Crippen molar-refractivity contribution in [2.24, 2.45) is 10.9 Å². The SMILES string of the molecule is O=C(CSC1=NC2NNCC2C(=O)N1c1cccc2ccccc12)NC1CCCCC1. The van der Waals surface area contributed by atoms with Crippen LogP contribution in [0.5, 0.6) is 0 Å².